The van der Waals surface area contributed by atoms with Crippen LogP contribution in [0.15, 0.2) is 16.6 Å². The molecule has 146 valence electrons. The lowest BCUT2D eigenvalue weighted by atomic mass is 10.1. The van der Waals surface area contributed by atoms with Gasteiger partial charge >= 0.3 is 0 Å². The van der Waals surface area contributed by atoms with Crippen molar-refractivity contribution in [2.24, 2.45) is 4.99 Å². The Balaban J connectivity index is 1.42. The molecule has 0 bridgehead atoms. The average molecular weight is 364 g/mol. The van der Waals surface area contributed by atoms with Gasteiger partial charge in [0.1, 0.15) is 0 Å². The molecule has 1 aliphatic carbocycles. The molecule has 2 N–H and O–H groups in total. The Morgan fingerprint density at radius 3 is 2.77 bits per heavy atom. The first-order valence-corrected chi connectivity index (χ1v) is 10.0. The smallest absolute Gasteiger partial charge is 0.234 e. The van der Waals surface area contributed by atoms with Gasteiger partial charge in [-0.05, 0) is 32.6 Å². The highest BCUT2D eigenvalue weighted by molar-refractivity contribution is 5.80. The van der Waals surface area contributed by atoms with Gasteiger partial charge in [-0.15, -0.1) is 0 Å². The number of ether oxygens (including phenoxy) is 1. The Hall–Kier alpha value is -1.60. The maximum Gasteiger partial charge on any atom is 0.234 e. The minimum atomic E-state index is 0.172. The molecule has 0 atom stereocenters. The zero-order valence-electron chi connectivity index (χ0n) is 16.0. The van der Waals surface area contributed by atoms with Gasteiger partial charge in [-0.2, -0.15) is 0 Å². The maximum atomic E-state index is 12.0. The standard InChI is InChI=1S/C19H33N5O2/c1-2-20-19(21-8-5-16-6-13-26-14-7-16)24-11-9-23(10-12-24)15-18(25)22-17-3-4-17/h6,17H,2-5,7-15H2,1H3,(H,20,21)(H,22,25). The third-order valence-electron chi connectivity index (χ3n) is 5.07. The van der Waals surface area contributed by atoms with E-state index in [1.807, 2.05) is 0 Å². The molecule has 2 heterocycles. The van der Waals surface area contributed by atoms with Crippen molar-refractivity contribution < 1.29 is 9.53 Å². The van der Waals surface area contributed by atoms with Crippen molar-refractivity contribution >= 4 is 11.9 Å². The molecule has 7 nitrogen and oxygen atoms in total. The quantitative estimate of drug-likeness (QED) is 0.394. The molecule has 1 amide bonds. The second-order valence-corrected chi connectivity index (χ2v) is 7.28. The van der Waals surface area contributed by atoms with Crippen molar-refractivity contribution in [3.63, 3.8) is 0 Å². The first-order valence-electron chi connectivity index (χ1n) is 10.0. The summed E-state index contributed by atoms with van der Waals surface area (Å²) in [5.74, 6) is 1.17. The number of nitrogens with one attached hydrogen (secondary N) is 2. The van der Waals surface area contributed by atoms with E-state index in [9.17, 15) is 4.79 Å². The predicted octanol–water partition coefficient (Wildman–Crippen LogP) is 0.585. The van der Waals surface area contributed by atoms with Crippen LogP contribution in [0.2, 0.25) is 0 Å². The predicted molar refractivity (Wildman–Crippen MR) is 103 cm³/mol. The van der Waals surface area contributed by atoms with Gasteiger partial charge in [-0.25, -0.2) is 0 Å². The zero-order chi connectivity index (χ0) is 18.2. The fourth-order valence-corrected chi connectivity index (χ4v) is 3.35. The van der Waals surface area contributed by atoms with Crippen molar-refractivity contribution in [2.75, 3.05) is 59.0 Å². The van der Waals surface area contributed by atoms with Gasteiger partial charge in [0.25, 0.3) is 0 Å². The highest BCUT2D eigenvalue weighted by Crippen LogP contribution is 2.18. The van der Waals surface area contributed by atoms with Crippen LogP contribution < -0.4 is 10.6 Å². The van der Waals surface area contributed by atoms with E-state index in [1.54, 1.807) is 0 Å². The Morgan fingerprint density at radius 1 is 1.31 bits per heavy atom. The van der Waals surface area contributed by atoms with Gasteiger partial charge < -0.3 is 20.3 Å². The molecular formula is C19H33N5O2. The van der Waals surface area contributed by atoms with Crippen molar-refractivity contribution in [3.05, 3.63) is 11.6 Å². The normalized spacial score (nSPS) is 22.1. The molecule has 0 spiro atoms. The van der Waals surface area contributed by atoms with Crippen LogP contribution in [-0.4, -0.2) is 86.7 Å². The van der Waals surface area contributed by atoms with Crippen molar-refractivity contribution in [1.29, 1.82) is 0 Å². The summed E-state index contributed by atoms with van der Waals surface area (Å²) in [6.07, 6.45) is 6.53. The molecular weight excluding hydrogens is 330 g/mol. The summed E-state index contributed by atoms with van der Waals surface area (Å²) in [4.78, 5) is 21.3. The van der Waals surface area contributed by atoms with Crippen molar-refractivity contribution in [3.8, 4) is 0 Å². The molecule has 2 aliphatic heterocycles. The fourth-order valence-electron chi connectivity index (χ4n) is 3.35. The molecule has 2 fully saturated rings. The highest BCUT2D eigenvalue weighted by atomic mass is 16.5. The number of hydrogen-bond acceptors (Lipinski definition) is 4. The second kappa shape index (κ2) is 9.92. The lowest BCUT2D eigenvalue weighted by molar-refractivity contribution is -0.122. The average Bonchev–Trinajstić information content (AvgIpc) is 3.46. The summed E-state index contributed by atoms with van der Waals surface area (Å²) in [5.41, 5.74) is 1.46. The van der Waals surface area contributed by atoms with E-state index in [0.717, 1.165) is 84.1 Å². The zero-order valence-corrected chi connectivity index (χ0v) is 16.0. The molecule has 3 aliphatic rings. The minimum Gasteiger partial charge on any atom is -0.377 e. The van der Waals surface area contributed by atoms with Gasteiger partial charge in [0, 0.05) is 45.3 Å². The number of piperazine rings is 1. The van der Waals surface area contributed by atoms with Crippen LogP contribution in [-0.2, 0) is 9.53 Å². The largest absolute Gasteiger partial charge is 0.377 e. The van der Waals surface area contributed by atoms with Crippen LogP contribution in [0.5, 0.6) is 0 Å². The maximum absolute atomic E-state index is 12.0. The van der Waals surface area contributed by atoms with E-state index in [1.165, 1.54) is 5.57 Å². The number of carbonyl (C=O) groups excluding carboxylic acids is 1. The molecule has 0 unspecified atom stereocenters. The Labute approximate surface area is 156 Å². The SMILES string of the molecule is CCNC(=NCCC1=CCOCC1)N1CCN(CC(=O)NC2CC2)CC1. The third-order valence-corrected chi connectivity index (χ3v) is 5.07. The molecule has 0 aromatic heterocycles. The van der Waals surface area contributed by atoms with Crippen LogP contribution >= 0.6 is 0 Å². The van der Waals surface area contributed by atoms with Crippen LogP contribution in [0.25, 0.3) is 0 Å². The van der Waals surface area contributed by atoms with Crippen LogP contribution in [0.4, 0.5) is 0 Å². The number of hydrogen-bond donors (Lipinski definition) is 2. The summed E-state index contributed by atoms with van der Waals surface area (Å²) in [7, 11) is 0. The fraction of sp³-hybridized carbons (Fsp3) is 0.789. The molecule has 1 saturated heterocycles. The first kappa shape index (κ1) is 19.2. The molecule has 0 radical (unpaired) electrons. The first-order chi connectivity index (χ1) is 12.7. The minimum absolute atomic E-state index is 0.172. The van der Waals surface area contributed by atoms with E-state index in [4.69, 9.17) is 9.73 Å². The number of aliphatic imine (C=N–C) groups is 1. The molecule has 0 aromatic carbocycles. The topological polar surface area (TPSA) is 69.2 Å². The molecule has 1 saturated carbocycles. The number of carbonyl (C=O) groups is 1. The summed E-state index contributed by atoms with van der Waals surface area (Å²) in [6, 6.07) is 0.446. The molecule has 0 aromatic rings. The van der Waals surface area contributed by atoms with E-state index in [2.05, 4.69) is 33.4 Å². The van der Waals surface area contributed by atoms with E-state index >= 15 is 0 Å². The molecule has 3 rings (SSSR count). The summed E-state index contributed by atoms with van der Waals surface area (Å²) in [5, 5.41) is 6.48. The lowest BCUT2D eigenvalue weighted by Gasteiger charge is -2.36. The Bertz CT molecular complexity index is 522. The van der Waals surface area contributed by atoms with Gasteiger partial charge in [-0.3, -0.25) is 14.7 Å². The van der Waals surface area contributed by atoms with E-state index in [-0.39, 0.29) is 5.91 Å². The van der Waals surface area contributed by atoms with Gasteiger partial charge in [0.2, 0.25) is 5.91 Å². The molecule has 26 heavy (non-hydrogen) atoms. The lowest BCUT2D eigenvalue weighted by Crippen LogP contribution is -2.54. The van der Waals surface area contributed by atoms with Crippen LogP contribution in [0.3, 0.4) is 0 Å². The van der Waals surface area contributed by atoms with Crippen molar-refractivity contribution in [1.82, 2.24) is 20.4 Å². The van der Waals surface area contributed by atoms with Gasteiger partial charge in [0.05, 0.1) is 19.8 Å². The number of guanidine groups is 1. The number of amides is 1. The van der Waals surface area contributed by atoms with Crippen LogP contribution in [0.1, 0.15) is 32.6 Å². The molecule has 7 heteroatoms. The van der Waals surface area contributed by atoms with Crippen LogP contribution in [0, 0.1) is 0 Å². The Kier molecular flexibility index (Phi) is 7.32. The highest BCUT2D eigenvalue weighted by Gasteiger charge is 2.25. The van der Waals surface area contributed by atoms with Crippen molar-refractivity contribution in [2.45, 2.75) is 38.6 Å². The van der Waals surface area contributed by atoms with Gasteiger partial charge in [-0.1, -0.05) is 11.6 Å². The second-order valence-electron chi connectivity index (χ2n) is 7.28. The third kappa shape index (κ3) is 6.29. The summed E-state index contributed by atoms with van der Waals surface area (Å²) < 4.78 is 5.36. The Morgan fingerprint density at radius 2 is 2.12 bits per heavy atom. The monoisotopic (exact) mass is 363 g/mol. The number of nitrogens with zero attached hydrogens (tertiary/aromatic N) is 3. The summed E-state index contributed by atoms with van der Waals surface area (Å²) >= 11 is 0. The number of rotatable bonds is 7. The van der Waals surface area contributed by atoms with Gasteiger partial charge in [0.15, 0.2) is 5.96 Å². The van der Waals surface area contributed by atoms with E-state index in [0.29, 0.717) is 12.6 Å². The summed E-state index contributed by atoms with van der Waals surface area (Å²) in [6.45, 7) is 9.55. The van der Waals surface area contributed by atoms with E-state index < -0.39 is 0 Å².